The second kappa shape index (κ2) is 15.3. The molecule has 9 atom stereocenters. The van der Waals surface area contributed by atoms with Crippen LogP contribution >= 0.6 is 0 Å². The third-order valence-corrected chi connectivity index (χ3v) is 11.6. The molecule has 12 heteroatoms. The standard InChI is InChI=1S/C38H52N4O8/c1-5-25(2)28(24-43)42-34-36(46)41(19-18-40-20-22-48-23-21-40)17-11-16-38(34)32(35(42)45)31-29(50-38)14-9-10-15-30(44)39(4)26(3)33(49-37(31)47)27-12-7-6-8-13-27/h6-9,11-14,16,25-26,28-29,31-34,43H,5,10,15,17-24H2,1-4H3/b14-9-/t25-,26-,28-,29-,31+,32+,33+,34-,38+/m0/s1. The van der Waals surface area contributed by atoms with Gasteiger partial charge in [0.1, 0.15) is 23.7 Å². The Bertz CT molecular complexity index is 1460. The number of rotatable bonds is 8. The molecular weight excluding hydrogens is 640 g/mol. The molecule has 0 aliphatic carbocycles. The fourth-order valence-corrected chi connectivity index (χ4v) is 8.33. The van der Waals surface area contributed by atoms with Gasteiger partial charge in [-0.1, -0.05) is 74.9 Å². The van der Waals surface area contributed by atoms with Crippen molar-refractivity contribution in [3.63, 3.8) is 0 Å². The van der Waals surface area contributed by atoms with Gasteiger partial charge in [-0.2, -0.15) is 0 Å². The van der Waals surface area contributed by atoms with Crippen molar-refractivity contribution < 1.29 is 38.5 Å². The number of esters is 1. The fourth-order valence-electron chi connectivity index (χ4n) is 8.33. The molecule has 3 saturated heterocycles. The van der Waals surface area contributed by atoms with Crippen LogP contribution in [0.25, 0.3) is 0 Å². The van der Waals surface area contributed by atoms with Gasteiger partial charge in [0.2, 0.25) is 17.7 Å². The maximum absolute atomic E-state index is 14.9. The lowest BCUT2D eigenvalue weighted by molar-refractivity contribution is -0.165. The van der Waals surface area contributed by atoms with E-state index in [2.05, 4.69) is 4.90 Å². The Balaban J connectivity index is 1.41. The summed E-state index contributed by atoms with van der Waals surface area (Å²) >= 11 is 0. The van der Waals surface area contributed by atoms with Crippen molar-refractivity contribution >= 4 is 23.7 Å². The van der Waals surface area contributed by atoms with Gasteiger partial charge in [0.15, 0.2) is 0 Å². The summed E-state index contributed by atoms with van der Waals surface area (Å²) < 4.78 is 18.7. The van der Waals surface area contributed by atoms with E-state index in [0.29, 0.717) is 45.7 Å². The molecule has 3 fully saturated rings. The minimum atomic E-state index is -1.47. The molecule has 0 bridgehead atoms. The van der Waals surface area contributed by atoms with Crippen LogP contribution in [0, 0.1) is 17.8 Å². The molecule has 6 rings (SSSR count). The molecule has 5 aliphatic heterocycles. The SMILES string of the molecule is CC[C@H](C)[C@H](CO)N1C(=O)[C@H]2[C@@H]3C(=O)O[C@@H](c4ccccc4)[C@H](C)N(C)C(=O)CC/C=C\[C@@H]3O[C@]23C=CCN(CCN2CCOCC2)C(=O)[C@H]13. The van der Waals surface area contributed by atoms with Crippen molar-refractivity contribution in [2.75, 3.05) is 59.6 Å². The number of hydrogen-bond donors (Lipinski definition) is 1. The summed E-state index contributed by atoms with van der Waals surface area (Å²) in [4.78, 5) is 64.7. The number of carbonyl (C=O) groups excluding carboxylic acids is 4. The number of likely N-dealkylation sites (tertiary alicyclic amines) is 1. The van der Waals surface area contributed by atoms with Gasteiger partial charge in [-0.25, -0.2) is 0 Å². The predicted molar refractivity (Wildman–Crippen MR) is 184 cm³/mol. The van der Waals surface area contributed by atoms with Gasteiger partial charge in [0.05, 0.1) is 43.9 Å². The summed E-state index contributed by atoms with van der Waals surface area (Å²) in [6.07, 6.45) is 6.91. The second-order valence-corrected chi connectivity index (χ2v) is 14.3. The van der Waals surface area contributed by atoms with Gasteiger partial charge in [-0.15, -0.1) is 0 Å². The number of cyclic esters (lactones) is 1. The highest BCUT2D eigenvalue weighted by Gasteiger charge is 2.72. The minimum absolute atomic E-state index is 0.0838. The van der Waals surface area contributed by atoms with Gasteiger partial charge in [0.25, 0.3) is 0 Å². The molecule has 5 aliphatic rings. The average Bonchev–Trinajstić information content (AvgIpc) is 3.52. The zero-order chi connectivity index (χ0) is 35.6. The fraction of sp³-hybridized carbons (Fsp3) is 0.632. The Morgan fingerprint density at radius 2 is 1.76 bits per heavy atom. The Kier molecular flexibility index (Phi) is 11.1. The summed E-state index contributed by atoms with van der Waals surface area (Å²) in [5, 5.41) is 10.8. The number of aliphatic hydroxyl groups is 1. The lowest BCUT2D eigenvalue weighted by Gasteiger charge is -2.40. The number of allylic oxidation sites excluding steroid dienone is 1. The monoisotopic (exact) mass is 692 g/mol. The van der Waals surface area contributed by atoms with E-state index < -0.39 is 59.6 Å². The molecule has 0 radical (unpaired) electrons. The third-order valence-electron chi connectivity index (χ3n) is 11.6. The van der Waals surface area contributed by atoms with Gasteiger partial charge < -0.3 is 34.0 Å². The predicted octanol–water partition coefficient (Wildman–Crippen LogP) is 2.19. The van der Waals surface area contributed by atoms with Crippen LogP contribution in [0.1, 0.15) is 51.7 Å². The number of hydrogen-bond acceptors (Lipinski definition) is 9. The van der Waals surface area contributed by atoms with E-state index in [-0.39, 0.29) is 30.8 Å². The zero-order valence-corrected chi connectivity index (χ0v) is 29.7. The molecule has 1 aromatic rings. The third kappa shape index (κ3) is 6.63. The molecule has 12 nitrogen and oxygen atoms in total. The first-order valence-electron chi connectivity index (χ1n) is 18.2. The van der Waals surface area contributed by atoms with Crippen LogP contribution in [-0.4, -0.2) is 138 Å². The maximum Gasteiger partial charge on any atom is 0.313 e. The van der Waals surface area contributed by atoms with Gasteiger partial charge in [-0.05, 0) is 24.8 Å². The number of ether oxygens (including phenoxy) is 3. The van der Waals surface area contributed by atoms with Crippen LogP contribution in [-0.2, 0) is 33.4 Å². The van der Waals surface area contributed by atoms with Crippen molar-refractivity contribution in [1.29, 1.82) is 0 Å². The Labute approximate surface area is 295 Å². The number of nitrogens with zero attached hydrogens (tertiary/aromatic N) is 4. The molecule has 3 amide bonds. The van der Waals surface area contributed by atoms with Crippen LogP contribution in [0.2, 0.25) is 0 Å². The van der Waals surface area contributed by atoms with Gasteiger partial charge in [0, 0.05) is 46.2 Å². The molecule has 0 saturated carbocycles. The summed E-state index contributed by atoms with van der Waals surface area (Å²) in [6, 6.07) is 7.05. The van der Waals surface area contributed by atoms with Crippen LogP contribution in [0.3, 0.4) is 0 Å². The number of carbonyl (C=O) groups is 4. The number of aliphatic hydroxyl groups excluding tert-OH is 1. The van der Waals surface area contributed by atoms with E-state index >= 15 is 0 Å². The topological polar surface area (TPSA) is 129 Å². The number of morpholine rings is 1. The Morgan fingerprint density at radius 3 is 2.46 bits per heavy atom. The van der Waals surface area contributed by atoms with E-state index in [1.54, 1.807) is 22.9 Å². The molecule has 1 spiro atoms. The van der Waals surface area contributed by atoms with Crippen LogP contribution in [0.5, 0.6) is 0 Å². The van der Waals surface area contributed by atoms with Crippen LogP contribution in [0.4, 0.5) is 0 Å². The Morgan fingerprint density at radius 1 is 1.02 bits per heavy atom. The quantitative estimate of drug-likeness (QED) is 0.322. The summed E-state index contributed by atoms with van der Waals surface area (Å²) in [7, 11) is 1.71. The van der Waals surface area contributed by atoms with Crippen molar-refractivity contribution in [2.45, 2.75) is 76.0 Å². The van der Waals surface area contributed by atoms with Crippen molar-refractivity contribution in [3.8, 4) is 0 Å². The highest BCUT2D eigenvalue weighted by Crippen LogP contribution is 2.54. The normalized spacial score (nSPS) is 34.2. The molecule has 1 aromatic carbocycles. The maximum atomic E-state index is 14.9. The van der Waals surface area contributed by atoms with Crippen molar-refractivity contribution in [2.24, 2.45) is 17.8 Å². The molecule has 0 aromatic heterocycles. The van der Waals surface area contributed by atoms with Crippen LogP contribution < -0.4 is 0 Å². The first kappa shape index (κ1) is 36.2. The van der Waals surface area contributed by atoms with Crippen molar-refractivity contribution in [1.82, 2.24) is 19.6 Å². The largest absolute Gasteiger partial charge is 0.455 e. The molecule has 272 valence electrons. The van der Waals surface area contributed by atoms with E-state index in [1.807, 2.05) is 69.3 Å². The lowest BCUT2D eigenvalue weighted by Crippen LogP contribution is -2.59. The number of likely N-dealkylation sites (N-methyl/N-ethyl adjacent to an activating group) is 1. The minimum Gasteiger partial charge on any atom is -0.455 e. The smallest absolute Gasteiger partial charge is 0.313 e. The first-order valence-corrected chi connectivity index (χ1v) is 18.2. The summed E-state index contributed by atoms with van der Waals surface area (Å²) in [6.45, 7) is 9.74. The van der Waals surface area contributed by atoms with E-state index in [4.69, 9.17) is 14.2 Å². The number of amides is 3. The van der Waals surface area contributed by atoms with E-state index in [1.165, 1.54) is 4.90 Å². The average molecular weight is 693 g/mol. The van der Waals surface area contributed by atoms with E-state index in [0.717, 1.165) is 18.7 Å². The number of fused-ring (bicyclic) bond motifs is 2. The first-order chi connectivity index (χ1) is 24.1. The molecular formula is C38H52N4O8. The highest BCUT2D eigenvalue weighted by molar-refractivity contribution is 5.99. The van der Waals surface area contributed by atoms with Gasteiger partial charge >= 0.3 is 5.97 Å². The lowest BCUT2D eigenvalue weighted by atomic mass is 9.77. The van der Waals surface area contributed by atoms with Crippen LogP contribution in [0.15, 0.2) is 54.6 Å². The zero-order valence-electron chi connectivity index (χ0n) is 29.7. The van der Waals surface area contributed by atoms with Gasteiger partial charge in [-0.3, -0.25) is 24.1 Å². The molecule has 0 unspecified atom stereocenters. The molecule has 5 heterocycles. The second-order valence-electron chi connectivity index (χ2n) is 14.3. The number of benzene rings is 1. The molecule has 50 heavy (non-hydrogen) atoms. The van der Waals surface area contributed by atoms with Crippen molar-refractivity contribution in [3.05, 3.63) is 60.2 Å². The molecule has 1 N–H and O–H groups in total. The Hall–Kier alpha value is -3.58. The summed E-state index contributed by atoms with van der Waals surface area (Å²) in [5.41, 5.74) is -0.747. The highest BCUT2D eigenvalue weighted by atomic mass is 16.6. The van der Waals surface area contributed by atoms with E-state index in [9.17, 15) is 24.3 Å². The summed E-state index contributed by atoms with van der Waals surface area (Å²) in [5.74, 6) is -3.64.